The second-order valence-electron chi connectivity index (χ2n) is 3.78. The number of nitrogens with zero attached hydrogens (tertiary/aromatic N) is 1. The van der Waals surface area contributed by atoms with Crippen molar-refractivity contribution in [2.75, 3.05) is 24.7 Å². The molecular formula is C13H11ClN2O3. The molecule has 19 heavy (non-hydrogen) atoms. The molecule has 0 aromatic heterocycles. The van der Waals surface area contributed by atoms with Crippen LogP contribution in [0.25, 0.3) is 0 Å². The highest BCUT2D eigenvalue weighted by atomic mass is 35.5. The van der Waals surface area contributed by atoms with Gasteiger partial charge in [-0.25, -0.2) is 4.90 Å². The summed E-state index contributed by atoms with van der Waals surface area (Å²) in [5, 5.41) is 0.471. The fourth-order valence-corrected chi connectivity index (χ4v) is 1.88. The maximum absolute atomic E-state index is 11.8. The van der Waals surface area contributed by atoms with E-state index in [9.17, 15) is 9.59 Å². The molecule has 5 nitrogen and oxygen atoms in total. The van der Waals surface area contributed by atoms with Crippen LogP contribution in [0.2, 0.25) is 5.02 Å². The molecule has 1 heterocycles. The smallest absolute Gasteiger partial charge is 0.259 e. The van der Waals surface area contributed by atoms with Crippen LogP contribution >= 0.6 is 11.6 Å². The third-order valence-corrected chi connectivity index (χ3v) is 2.71. The topological polar surface area (TPSA) is 72.6 Å². The second kappa shape index (κ2) is 5.85. The van der Waals surface area contributed by atoms with Crippen LogP contribution in [0.1, 0.15) is 5.56 Å². The van der Waals surface area contributed by atoms with Crippen molar-refractivity contribution < 1.29 is 14.3 Å². The van der Waals surface area contributed by atoms with Crippen molar-refractivity contribution in [2.24, 2.45) is 5.73 Å². The molecule has 0 bridgehead atoms. The first-order valence-electron chi connectivity index (χ1n) is 5.55. The number of imide groups is 1. The number of morpholine rings is 1. The number of carbonyl (C=O) groups excluding carboxylic acids is 2. The Bertz CT molecular complexity index is 573. The number of hydrogen-bond acceptors (Lipinski definition) is 4. The summed E-state index contributed by atoms with van der Waals surface area (Å²) in [7, 11) is 0. The van der Waals surface area contributed by atoms with Crippen molar-refractivity contribution >= 4 is 29.1 Å². The van der Waals surface area contributed by atoms with Gasteiger partial charge in [-0.15, -0.1) is 0 Å². The Hall–Kier alpha value is -1.87. The molecule has 0 aliphatic carbocycles. The Morgan fingerprint density at radius 3 is 2.63 bits per heavy atom. The lowest BCUT2D eigenvalue weighted by molar-refractivity contribution is -0.138. The van der Waals surface area contributed by atoms with Gasteiger partial charge in [0.1, 0.15) is 13.2 Å². The van der Waals surface area contributed by atoms with Crippen LogP contribution in [0.15, 0.2) is 18.2 Å². The van der Waals surface area contributed by atoms with Crippen LogP contribution in [0.3, 0.4) is 0 Å². The van der Waals surface area contributed by atoms with Crippen LogP contribution in [0, 0.1) is 11.8 Å². The van der Waals surface area contributed by atoms with Crippen LogP contribution in [-0.4, -0.2) is 31.6 Å². The number of anilines is 1. The molecule has 1 fully saturated rings. The van der Waals surface area contributed by atoms with Crippen LogP contribution in [-0.2, 0) is 14.3 Å². The van der Waals surface area contributed by atoms with Gasteiger partial charge in [-0.1, -0.05) is 23.4 Å². The van der Waals surface area contributed by atoms with E-state index >= 15 is 0 Å². The van der Waals surface area contributed by atoms with Gasteiger partial charge in [-0.05, 0) is 18.2 Å². The Morgan fingerprint density at radius 2 is 2.00 bits per heavy atom. The lowest BCUT2D eigenvalue weighted by Crippen LogP contribution is -2.46. The summed E-state index contributed by atoms with van der Waals surface area (Å²) in [5.41, 5.74) is 6.22. The van der Waals surface area contributed by atoms with E-state index < -0.39 is 11.8 Å². The van der Waals surface area contributed by atoms with Crippen molar-refractivity contribution in [1.29, 1.82) is 0 Å². The standard InChI is InChI=1S/C13H11ClN2O3/c14-10-3-4-11(9(6-10)2-1-5-15)16-12(17)7-19-8-13(16)18/h3-4,6H,5,7-8,15H2. The lowest BCUT2D eigenvalue weighted by Gasteiger charge is -2.25. The molecule has 1 aliphatic heterocycles. The SMILES string of the molecule is NCC#Cc1cc(Cl)ccc1N1C(=O)COCC1=O. The molecule has 2 amide bonds. The predicted octanol–water partition coefficient (Wildman–Crippen LogP) is 0.540. The summed E-state index contributed by atoms with van der Waals surface area (Å²) >= 11 is 5.90. The zero-order valence-electron chi connectivity index (χ0n) is 9.98. The summed E-state index contributed by atoms with van der Waals surface area (Å²) in [6.07, 6.45) is 0. The zero-order chi connectivity index (χ0) is 13.8. The van der Waals surface area contributed by atoms with E-state index in [2.05, 4.69) is 11.8 Å². The van der Waals surface area contributed by atoms with Gasteiger partial charge >= 0.3 is 0 Å². The van der Waals surface area contributed by atoms with Crippen molar-refractivity contribution in [3.63, 3.8) is 0 Å². The minimum absolute atomic E-state index is 0.127. The Balaban J connectivity index is 2.48. The van der Waals surface area contributed by atoms with Crippen LogP contribution < -0.4 is 10.6 Å². The minimum Gasteiger partial charge on any atom is -0.362 e. The van der Waals surface area contributed by atoms with Gasteiger partial charge < -0.3 is 10.5 Å². The van der Waals surface area contributed by atoms with Gasteiger partial charge in [0.2, 0.25) is 0 Å². The predicted molar refractivity (Wildman–Crippen MR) is 70.7 cm³/mol. The van der Waals surface area contributed by atoms with E-state index in [0.29, 0.717) is 16.3 Å². The zero-order valence-corrected chi connectivity index (χ0v) is 10.7. The molecule has 0 saturated carbocycles. The number of rotatable bonds is 1. The first-order chi connectivity index (χ1) is 9.13. The highest BCUT2D eigenvalue weighted by Gasteiger charge is 2.29. The number of amides is 2. The number of hydrogen-bond donors (Lipinski definition) is 1. The lowest BCUT2D eigenvalue weighted by atomic mass is 10.1. The summed E-state index contributed by atoms with van der Waals surface area (Å²) < 4.78 is 4.87. The van der Waals surface area contributed by atoms with Crippen molar-refractivity contribution in [3.8, 4) is 11.8 Å². The molecule has 2 N–H and O–H groups in total. The number of halogens is 1. The molecular weight excluding hydrogens is 268 g/mol. The molecule has 0 spiro atoms. The molecule has 1 saturated heterocycles. The third kappa shape index (κ3) is 2.93. The maximum Gasteiger partial charge on any atom is 0.259 e. The number of nitrogens with two attached hydrogens (primary N) is 1. The van der Waals surface area contributed by atoms with E-state index in [1.807, 2.05) is 0 Å². The van der Waals surface area contributed by atoms with Gasteiger partial charge in [0.15, 0.2) is 0 Å². The fourth-order valence-electron chi connectivity index (χ4n) is 1.71. The molecule has 1 aliphatic rings. The quantitative estimate of drug-likeness (QED) is 0.601. The van der Waals surface area contributed by atoms with Crippen molar-refractivity contribution in [3.05, 3.63) is 28.8 Å². The van der Waals surface area contributed by atoms with Gasteiger partial charge in [-0.2, -0.15) is 0 Å². The van der Waals surface area contributed by atoms with Crippen molar-refractivity contribution in [1.82, 2.24) is 0 Å². The number of carbonyl (C=O) groups is 2. The summed E-state index contributed by atoms with van der Waals surface area (Å²) in [4.78, 5) is 24.7. The average Bonchev–Trinajstić information content (AvgIpc) is 2.38. The Kier molecular flexibility index (Phi) is 4.17. The third-order valence-electron chi connectivity index (χ3n) is 2.47. The highest BCUT2D eigenvalue weighted by molar-refractivity contribution is 6.31. The molecule has 0 atom stereocenters. The van der Waals surface area contributed by atoms with Crippen molar-refractivity contribution in [2.45, 2.75) is 0 Å². The van der Waals surface area contributed by atoms with Crippen LogP contribution in [0.4, 0.5) is 5.69 Å². The average molecular weight is 279 g/mol. The normalized spacial score (nSPS) is 15.2. The first kappa shape index (κ1) is 13.6. The van der Waals surface area contributed by atoms with Gasteiger partial charge in [0.25, 0.3) is 11.8 Å². The molecule has 0 radical (unpaired) electrons. The monoisotopic (exact) mass is 278 g/mol. The molecule has 1 aromatic carbocycles. The molecule has 0 unspecified atom stereocenters. The Morgan fingerprint density at radius 1 is 1.32 bits per heavy atom. The summed E-state index contributed by atoms with van der Waals surface area (Å²) in [6, 6.07) is 4.78. The molecule has 6 heteroatoms. The maximum atomic E-state index is 11.8. The number of ether oxygens (including phenoxy) is 1. The van der Waals surface area contributed by atoms with E-state index in [0.717, 1.165) is 4.90 Å². The molecule has 1 aromatic rings. The summed E-state index contributed by atoms with van der Waals surface area (Å²) in [5.74, 6) is 4.64. The fraction of sp³-hybridized carbons (Fsp3) is 0.231. The largest absolute Gasteiger partial charge is 0.362 e. The van der Waals surface area contributed by atoms with E-state index in [1.165, 1.54) is 0 Å². The van der Waals surface area contributed by atoms with E-state index in [-0.39, 0.29) is 19.8 Å². The highest BCUT2D eigenvalue weighted by Crippen LogP contribution is 2.25. The minimum atomic E-state index is -0.422. The van der Waals surface area contributed by atoms with Gasteiger partial charge in [0, 0.05) is 5.02 Å². The Labute approximate surface area is 115 Å². The van der Waals surface area contributed by atoms with Gasteiger partial charge in [-0.3, -0.25) is 9.59 Å². The van der Waals surface area contributed by atoms with E-state index in [1.54, 1.807) is 18.2 Å². The van der Waals surface area contributed by atoms with Gasteiger partial charge in [0.05, 0.1) is 17.8 Å². The summed E-state index contributed by atoms with van der Waals surface area (Å²) in [6.45, 7) is -0.0762. The second-order valence-corrected chi connectivity index (χ2v) is 4.22. The van der Waals surface area contributed by atoms with Crippen LogP contribution in [0.5, 0.6) is 0 Å². The molecule has 98 valence electrons. The first-order valence-corrected chi connectivity index (χ1v) is 5.93. The number of benzene rings is 1. The molecule has 2 rings (SSSR count). The van der Waals surface area contributed by atoms with E-state index in [4.69, 9.17) is 22.1 Å².